The molecular formula is C29H44O2. The van der Waals surface area contributed by atoms with Crippen LogP contribution in [-0.2, 0) is 4.74 Å². The predicted molar refractivity (Wildman–Crippen MR) is 130 cm³/mol. The van der Waals surface area contributed by atoms with Crippen molar-refractivity contribution < 1.29 is 9.84 Å². The first-order valence-electron chi connectivity index (χ1n) is 12.9. The van der Waals surface area contributed by atoms with Gasteiger partial charge in [-0.25, -0.2) is 0 Å². The Hall–Kier alpha value is -1.12. The number of hydrogen-bond donors (Lipinski definition) is 1. The Morgan fingerprint density at radius 2 is 1.90 bits per heavy atom. The van der Waals surface area contributed by atoms with Crippen molar-refractivity contribution in [1.29, 1.82) is 0 Å². The Labute approximate surface area is 190 Å². The van der Waals surface area contributed by atoms with Crippen LogP contribution in [0.1, 0.15) is 91.9 Å². The molecule has 0 spiro atoms. The van der Waals surface area contributed by atoms with Gasteiger partial charge >= 0.3 is 0 Å². The maximum atomic E-state index is 10.3. The van der Waals surface area contributed by atoms with E-state index in [1.54, 1.807) is 16.7 Å². The molecule has 0 heterocycles. The third-order valence-electron chi connectivity index (χ3n) is 9.61. The van der Waals surface area contributed by atoms with Crippen LogP contribution in [0.5, 0.6) is 0 Å². The van der Waals surface area contributed by atoms with E-state index < -0.39 is 5.60 Å². The first-order valence-corrected chi connectivity index (χ1v) is 12.9. The zero-order chi connectivity index (χ0) is 22.1. The number of rotatable bonds is 8. The van der Waals surface area contributed by atoms with Gasteiger partial charge in [-0.05, 0) is 80.5 Å². The highest BCUT2D eigenvalue weighted by atomic mass is 16.5. The maximum Gasteiger partial charge on any atom is 0.0823 e. The monoisotopic (exact) mass is 424 g/mol. The molecule has 4 aliphatic rings. The molecule has 0 amide bonds. The normalized spacial score (nSPS) is 35.2. The van der Waals surface area contributed by atoms with E-state index in [2.05, 4.69) is 32.1 Å². The van der Waals surface area contributed by atoms with Gasteiger partial charge in [0.15, 0.2) is 0 Å². The van der Waals surface area contributed by atoms with Gasteiger partial charge < -0.3 is 9.84 Å². The lowest BCUT2D eigenvalue weighted by Crippen LogP contribution is -2.44. The summed E-state index contributed by atoms with van der Waals surface area (Å²) < 4.78 is 5.94. The minimum Gasteiger partial charge on any atom is -0.386 e. The van der Waals surface area contributed by atoms with E-state index in [0.717, 1.165) is 31.8 Å². The molecule has 4 atom stereocenters. The summed E-state index contributed by atoms with van der Waals surface area (Å²) in [6.45, 7) is 10.5. The van der Waals surface area contributed by atoms with Crippen LogP contribution < -0.4 is 0 Å². The number of aliphatic hydroxyl groups is 1. The highest BCUT2D eigenvalue weighted by Crippen LogP contribution is 2.63. The molecule has 172 valence electrons. The summed E-state index contributed by atoms with van der Waals surface area (Å²) >= 11 is 0. The van der Waals surface area contributed by atoms with Gasteiger partial charge in [0, 0.05) is 0 Å². The molecule has 0 radical (unpaired) electrons. The van der Waals surface area contributed by atoms with E-state index in [1.165, 1.54) is 44.9 Å². The van der Waals surface area contributed by atoms with Gasteiger partial charge in [0.1, 0.15) is 0 Å². The van der Waals surface area contributed by atoms with E-state index in [1.807, 2.05) is 26.0 Å². The van der Waals surface area contributed by atoms with E-state index in [4.69, 9.17) is 4.74 Å². The van der Waals surface area contributed by atoms with Crippen molar-refractivity contribution in [2.45, 2.75) is 97.5 Å². The Morgan fingerprint density at radius 1 is 1.10 bits per heavy atom. The summed E-state index contributed by atoms with van der Waals surface area (Å²) in [5, 5.41) is 10.3. The maximum absolute atomic E-state index is 10.3. The predicted octanol–water partition coefficient (Wildman–Crippen LogP) is 7.31. The van der Waals surface area contributed by atoms with Crippen molar-refractivity contribution in [3.8, 4) is 0 Å². The summed E-state index contributed by atoms with van der Waals surface area (Å²) in [7, 11) is 0. The molecule has 1 N–H and O–H groups in total. The Kier molecular flexibility index (Phi) is 6.71. The molecule has 2 nitrogen and oxygen atoms in total. The summed E-state index contributed by atoms with van der Waals surface area (Å²) in [4.78, 5) is 0. The van der Waals surface area contributed by atoms with Gasteiger partial charge in [-0.2, -0.15) is 0 Å². The van der Waals surface area contributed by atoms with E-state index in [9.17, 15) is 5.11 Å². The average molecular weight is 425 g/mol. The van der Waals surface area contributed by atoms with Crippen molar-refractivity contribution in [2.75, 3.05) is 13.2 Å². The smallest absolute Gasteiger partial charge is 0.0823 e. The molecular weight excluding hydrogens is 380 g/mol. The largest absolute Gasteiger partial charge is 0.386 e. The van der Waals surface area contributed by atoms with Crippen molar-refractivity contribution in [1.82, 2.24) is 0 Å². The average Bonchev–Trinajstić information content (AvgIpc) is 3.11. The highest BCUT2D eigenvalue weighted by Gasteiger charge is 2.53. The van der Waals surface area contributed by atoms with E-state index >= 15 is 0 Å². The highest BCUT2D eigenvalue weighted by molar-refractivity contribution is 5.41. The van der Waals surface area contributed by atoms with Gasteiger partial charge in [-0.1, -0.05) is 81.2 Å². The molecule has 4 rings (SSSR count). The number of ether oxygens (including phenoxy) is 1. The quantitative estimate of drug-likeness (QED) is 0.327. The van der Waals surface area contributed by atoms with Gasteiger partial charge in [-0.3, -0.25) is 0 Å². The van der Waals surface area contributed by atoms with Crippen LogP contribution in [0.3, 0.4) is 0 Å². The Bertz CT molecular complexity index is 781. The molecule has 31 heavy (non-hydrogen) atoms. The zero-order valence-electron chi connectivity index (χ0n) is 20.4. The van der Waals surface area contributed by atoms with Gasteiger partial charge in [0.05, 0.1) is 18.8 Å². The molecule has 2 saturated carbocycles. The molecule has 4 aliphatic carbocycles. The third kappa shape index (κ3) is 4.15. The number of hydrogen-bond acceptors (Lipinski definition) is 2. The van der Waals surface area contributed by atoms with Crippen molar-refractivity contribution in [3.63, 3.8) is 0 Å². The molecule has 0 aromatic rings. The molecule has 0 aliphatic heterocycles. The molecule has 0 unspecified atom stereocenters. The first kappa shape index (κ1) is 23.1. The van der Waals surface area contributed by atoms with Crippen LogP contribution in [0.15, 0.2) is 47.1 Å². The van der Waals surface area contributed by atoms with Crippen molar-refractivity contribution >= 4 is 0 Å². The molecule has 0 saturated heterocycles. The lowest BCUT2D eigenvalue weighted by Gasteiger charge is -2.54. The van der Waals surface area contributed by atoms with Crippen LogP contribution in [0.4, 0.5) is 0 Å². The summed E-state index contributed by atoms with van der Waals surface area (Å²) in [6, 6.07) is 0. The van der Waals surface area contributed by atoms with Crippen LogP contribution >= 0.6 is 0 Å². The second kappa shape index (κ2) is 9.02. The zero-order valence-corrected chi connectivity index (χ0v) is 20.4. The molecule has 0 aromatic heterocycles. The third-order valence-corrected chi connectivity index (χ3v) is 9.61. The second-order valence-corrected chi connectivity index (χ2v) is 11.0. The molecule has 0 aromatic carbocycles. The van der Waals surface area contributed by atoms with Crippen LogP contribution in [-0.4, -0.2) is 23.9 Å². The topological polar surface area (TPSA) is 29.5 Å². The lowest BCUT2D eigenvalue weighted by atomic mass is 9.50. The van der Waals surface area contributed by atoms with E-state index in [0.29, 0.717) is 23.4 Å². The summed E-state index contributed by atoms with van der Waals surface area (Å²) in [6.07, 6.45) is 23.4. The molecule has 2 fully saturated rings. The lowest BCUT2D eigenvalue weighted by molar-refractivity contribution is 0.0808. The fourth-order valence-electron chi connectivity index (χ4n) is 7.18. The van der Waals surface area contributed by atoms with Crippen LogP contribution in [0.2, 0.25) is 0 Å². The second-order valence-electron chi connectivity index (χ2n) is 11.0. The van der Waals surface area contributed by atoms with Crippen LogP contribution in [0, 0.1) is 22.7 Å². The van der Waals surface area contributed by atoms with Gasteiger partial charge in [0.2, 0.25) is 0 Å². The minimum atomic E-state index is -0.673. The van der Waals surface area contributed by atoms with Crippen LogP contribution in [0.25, 0.3) is 0 Å². The Balaban J connectivity index is 1.35. The Morgan fingerprint density at radius 3 is 2.68 bits per heavy atom. The minimum absolute atomic E-state index is 0.322. The molecule has 2 heteroatoms. The fourth-order valence-corrected chi connectivity index (χ4v) is 7.18. The summed E-state index contributed by atoms with van der Waals surface area (Å²) in [5.41, 5.74) is 5.21. The first-order chi connectivity index (χ1) is 14.9. The van der Waals surface area contributed by atoms with Gasteiger partial charge in [0.25, 0.3) is 0 Å². The van der Waals surface area contributed by atoms with Crippen molar-refractivity contribution in [3.05, 3.63) is 47.1 Å². The standard InChI is InChI=1S/C29H44O2/c1-5-29(30,6-2)18-9-20-31-21-16-23-12-14-25-24-13-11-22-10-7-8-17-27(22,3)26(24)15-19-28(23,25)4/h9,11-13,18,25-26,30H,5-8,10,14-17,19-21H2,1-4H3/b18-9+/t25-,26+,27+,28-/m1/s1. The fraction of sp³-hybridized carbons (Fsp3) is 0.724. The SMILES string of the molecule is CCC(O)(/C=C/COCCC1=CC[C@@H]2C3=CC=C4CCCC[C@]4(C)[C@H]3CC[C@]12C)CC. The van der Waals surface area contributed by atoms with Crippen molar-refractivity contribution in [2.24, 2.45) is 22.7 Å². The molecule has 0 bridgehead atoms. The summed E-state index contributed by atoms with van der Waals surface area (Å²) in [5.74, 6) is 1.47. The van der Waals surface area contributed by atoms with E-state index in [-0.39, 0.29) is 0 Å². The van der Waals surface area contributed by atoms with Gasteiger partial charge in [-0.15, -0.1) is 0 Å². The number of fused-ring (bicyclic) bond motifs is 5. The number of allylic oxidation sites excluding steroid dienone is 5.